The molecule has 0 atom stereocenters. The van der Waals surface area contributed by atoms with Crippen molar-refractivity contribution in [2.75, 3.05) is 66.2 Å². The summed E-state index contributed by atoms with van der Waals surface area (Å²) in [7, 11) is 1.75. The van der Waals surface area contributed by atoms with Gasteiger partial charge in [0.05, 0.1) is 13.2 Å². The highest BCUT2D eigenvalue weighted by molar-refractivity contribution is 14.0. The summed E-state index contributed by atoms with van der Waals surface area (Å²) in [6.45, 7) is 12.0. The highest BCUT2D eigenvalue weighted by Crippen LogP contribution is 1.98. The van der Waals surface area contributed by atoms with Crippen molar-refractivity contribution in [2.45, 2.75) is 25.7 Å². The smallest absolute Gasteiger partial charge is 0.191 e. The lowest BCUT2D eigenvalue weighted by molar-refractivity contribution is 0.0377. The van der Waals surface area contributed by atoms with Gasteiger partial charge in [-0.05, 0) is 25.7 Å². The Labute approximate surface area is 164 Å². The highest BCUT2D eigenvalue weighted by atomic mass is 127. The van der Waals surface area contributed by atoms with Crippen LogP contribution < -0.4 is 10.6 Å². The Kier molecular flexibility index (Phi) is 17.2. The molecular formula is C17H35IN4O2. The van der Waals surface area contributed by atoms with Crippen LogP contribution in [0.5, 0.6) is 0 Å². The number of unbranched alkanes of at least 4 members (excludes halogenated alkanes) is 2. The monoisotopic (exact) mass is 454 g/mol. The molecule has 1 saturated heterocycles. The number of hydrogen-bond donors (Lipinski definition) is 2. The summed E-state index contributed by atoms with van der Waals surface area (Å²) in [5.41, 5.74) is 0. The summed E-state index contributed by atoms with van der Waals surface area (Å²) in [5.74, 6) is 0.888. The third-order valence-electron chi connectivity index (χ3n) is 3.74. The Balaban J connectivity index is 0.00000529. The van der Waals surface area contributed by atoms with Gasteiger partial charge in [0.2, 0.25) is 0 Å². The number of ether oxygens (including phenoxy) is 2. The number of nitrogens with one attached hydrogen (secondary N) is 2. The van der Waals surface area contributed by atoms with Crippen molar-refractivity contribution in [3.05, 3.63) is 12.7 Å². The van der Waals surface area contributed by atoms with Gasteiger partial charge >= 0.3 is 0 Å². The second kappa shape index (κ2) is 17.4. The number of nitrogens with zero attached hydrogens (tertiary/aromatic N) is 2. The van der Waals surface area contributed by atoms with E-state index in [1.807, 2.05) is 6.08 Å². The van der Waals surface area contributed by atoms with E-state index in [0.717, 1.165) is 84.3 Å². The fourth-order valence-electron chi connectivity index (χ4n) is 2.41. The molecule has 0 aromatic rings. The predicted molar refractivity (Wildman–Crippen MR) is 112 cm³/mol. The molecule has 0 aromatic heterocycles. The number of hydrogen-bond acceptors (Lipinski definition) is 4. The fraction of sp³-hybridized carbons (Fsp3) is 0.824. The normalized spacial score (nSPS) is 15.6. The molecule has 7 heteroatoms. The quantitative estimate of drug-likeness (QED) is 0.155. The maximum atomic E-state index is 5.36. The number of methoxy groups -OCH3 is 1. The first-order valence-corrected chi connectivity index (χ1v) is 8.79. The Bertz CT molecular complexity index is 324. The Morgan fingerprint density at radius 3 is 2.71 bits per heavy atom. The molecule has 0 unspecified atom stereocenters. The molecule has 24 heavy (non-hydrogen) atoms. The van der Waals surface area contributed by atoms with Gasteiger partial charge < -0.3 is 20.1 Å². The lowest BCUT2D eigenvalue weighted by atomic mass is 10.2. The summed E-state index contributed by atoms with van der Waals surface area (Å²) in [6, 6.07) is 0. The van der Waals surface area contributed by atoms with Gasteiger partial charge in [-0.1, -0.05) is 6.08 Å². The molecule has 0 radical (unpaired) electrons. The minimum atomic E-state index is 0. The minimum absolute atomic E-state index is 0. The molecule has 0 aliphatic carbocycles. The number of rotatable bonds is 12. The number of aliphatic imine (C=N–C) groups is 1. The van der Waals surface area contributed by atoms with E-state index in [1.54, 1.807) is 7.11 Å². The molecule has 1 heterocycles. The highest BCUT2D eigenvalue weighted by Gasteiger charge is 2.08. The summed E-state index contributed by atoms with van der Waals surface area (Å²) >= 11 is 0. The third kappa shape index (κ3) is 13.0. The molecule has 0 spiro atoms. The van der Waals surface area contributed by atoms with Gasteiger partial charge in [0.25, 0.3) is 0 Å². The molecule has 0 amide bonds. The third-order valence-corrected chi connectivity index (χ3v) is 3.74. The van der Waals surface area contributed by atoms with E-state index in [0.29, 0.717) is 0 Å². The number of guanidine groups is 1. The molecular weight excluding hydrogens is 419 g/mol. The number of halogens is 1. The molecule has 0 saturated carbocycles. The molecule has 0 aromatic carbocycles. The zero-order chi connectivity index (χ0) is 16.6. The summed E-state index contributed by atoms with van der Waals surface area (Å²) in [5, 5.41) is 6.66. The molecule has 142 valence electrons. The van der Waals surface area contributed by atoms with Crippen LogP contribution in [0.25, 0.3) is 0 Å². The topological polar surface area (TPSA) is 58.1 Å². The van der Waals surface area contributed by atoms with Crippen LogP contribution in [0.3, 0.4) is 0 Å². The van der Waals surface area contributed by atoms with Crippen LogP contribution in [-0.2, 0) is 9.47 Å². The molecule has 1 rings (SSSR count). The van der Waals surface area contributed by atoms with Crippen molar-refractivity contribution >= 4 is 29.9 Å². The van der Waals surface area contributed by atoms with Crippen molar-refractivity contribution < 1.29 is 9.47 Å². The van der Waals surface area contributed by atoms with E-state index < -0.39 is 0 Å². The van der Waals surface area contributed by atoms with Gasteiger partial charge in [0.15, 0.2) is 5.96 Å². The number of morpholine rings is 1. The standard InChI is InChI=1S/C17H34N4O2.HI/c1-3-8-18-17(19-9-5-4-6-14-22-2)20-10-7-11-21-12-15-23-16-13-21;/h3H,1,4-16H2,2H3,(H2,18,19,20);1H. The summed E-state index contributed by atoms with van der Waals surface area (Å²) in [6.07, 6.45) is 6.35. The lowest BCUT2D eigenvalue weighted by Gasteiger charge is -2.26. The Morgan fingerprint density at radius 2 is 2.00 bits per heavy atom. The van der Waals surface area contributed by atoms with Crippen molar-refractivity contribution in [1.82, 2.24) is 15.5 Å². The van der Waals surface area contributed by atoms with E-state index in [4.69, 9.17) is 9.47 Å². The van der Waals surface area contributed by atoms with Crippen LogP contribution >= 0.6 is 24.0 Å². The van der Waals surface area contributed by atoms with E-state index in [1.165, 1.54) is 6.42 Å². The zero-order valence-electron chi connectivity index (χ0n) is 15.1. The molecule has 1 aliphatic rings. The first kappa shape index (κ1) is 23.6. The van der Waals surface area contributed by atoms with Gasteiger partial charge in [0.1, 0.15) is 0 Å². The molecule has 1 fully saturated rings. The largest absolute Gasteiger partial charge is 0.385 e. The van der Waals surface area contributed by atoms with Crippen LogP contribution in [0.15, 0.2) is 17.6 Å². The van der Waals surface area contributed by atoms with E-state index in [9.17, 15) is 0 Å². The van der Waals surface area contributed by atoms with Gasteiger partial charge in [-0.15, -0.1) is 30.6 Å². The van der Waals surface area contributed by atoms with E-state index in [-0.39, 0.29) is 24.0 Å². The van der Waals surface area contributed by atoms with E-state index in [2.05, 4.69) is 27.1 Å². The van der Waals surface area contributed by atoms with Crippen LogP contribution in [0.4, 0.5) is 0 Å². The Morgan fingerprint density at radius 1 is 1.21 bits per heavy atom. The fourth-order valence-corrected chi connectivity index (χ4v) is 2.41. The van der Waals surface area contributed by atoms with Crippen LogP contribution in [0, 0.1) is 0 Å². The molecule has 6 nitrogen and oxygen atoms in total. The lowest BCUT2D eigenvalue weighted by Crippen LogP contribution is -2.39. The van der Waals surface area contributed by atoms with Gasteiger partial charge in [-0.3, -0.25) is 9.89 Å². The van der Waals surface area contributed by atoms with Gasteiger partial charge in [0, 0.05) is 53.0 Å². The van der Waals surface area contributed by atoms with E-state index >= 15 is 0 Å². The summed E-state index contributed by atoms with van der Waals surface area (Å²) in [4.78, 5) is 7.09. The maximum absolute atomic E-state index is 5.36. The first-order valence-electron chi connectivity index (χ1n) is 8.79. The zero-order valence-corrected chi connectivity index (χ0v) is 17.4. The average Bonchev–Trinajstić information content (AvgIpc) is 2.59. The van der Waals surface area contributed by atoms with Crippen LogP contribution in [0.1, 0.15) is 25.7 Å². The summed E-state index contributed by atoms with van der Waals surface area (Å²) < 4.78 is 10.4. The van der Waals surface area contributed by atoms with Gasteiger partial charge in [-0.2, -0.15) is 0 Å². The first-order chi connectivity index (χ1) is 11.4. The molecule has 0 bridgehead atoms. The second-order valence-corrected chi connectivity index (χ2v) is 5.69. The second-order valence-electron chi connectivity index (χ2n) is 5.69. The van der Waals surface area contributed by atoms with Crippen LogP contribution in [0.2, 0.25) is 0 Å². The molecule has 1 aliphatic heterocycles. The SMILES string of the molecule is C=CCNC(=NCCCN1CCOCC1)NCCCCCOC.I. The van der Waals surface area contributed by atoms with Crippen molar-refractivity contribution in [3.63, 3.8) is 0 Å². The van der Waals surface area contributed by atoms with Crippen molar-refractivity contribution in [1.29, 1.82) is 0 Å². The maximum Gasteiger partial charge on any atom is 0.191 e. The Hall–Kier alpha value is -0.380. The predicted octanol–water partition coefficient (Wildman–Crippen LogP) is 1.86. The molecule has 2 N–H and O–H groups in total. The van der Waals surface area contributed by atoms with Gasteiger partial charge in [-0.25, -0.2) is 0 Å². The van der Waals surface area contributed by atoms with Crippen molar-refractivity contribution in [3.8, 4) is 0 Å². The van der Waals surface area contributed by atoms with Crippen LogP contribution in [-0.4, -0.2) is 77.1 Å². The average molecular weight is 454 g/mol. The van der Waals surface area contributed by atoms with Crippen molar-refractivity contribution in [2.24, 2.45) is 4.99 Å². The minimum Gasteiger partial charge on any atom is -0.385 e.